The number of ether oxygens (including phenoxy) is 2. The number of carbonyl (C=O) groups is 3. The van der Waals surface area contributed by atoms with Crippen LogP contribution in [0.15, 0.2) is 24.3 Å². The number of hydrogen-bond donors (Lipinski definition) is 1. The van der Waals surface area contributed by atoms with Gasteiger partial charge in [0.2, 0.25) is 0 Å². The Balaban J connectivity index is 0.000000391. The summed E-state index contributed by atoms with van der Waals surface area (Å²) in [6, 6.07) is 6.82. The number of hydrogen-bond acceptors (Lipinski definition) is 5. The Bertz CT molecular complexity index is 1140. The van der Waals surface area contributed by atoms with Crippen molar-refractivity contribution in [2.24, 2.45) is 11.3 Å². The van der Waals surface area contributed by atoms with Crippen molar-refractivity contribution in [3.8, 4) is 0 Å². The van der Waals surface area contributed by atoms with E-state index in [1.54, 1.807) is 24.3 Å². The molecule has 322 valence electrons. The van der Waals surface area contributed by atoms with Gasteiger partial charge in [0.1, 0.15) is 6.10 Å². The van der Waals surface area contributed by atoms with Gasteiger partial charge in [0.05, 0.1) is 24.2 Å². The molecule has 0 amide bonds. The molecule has 1 aromatic carbocycles. The molecular formula is C50H86O6. The summed E-state index contributed by atoms with van der Waals surface area (Å²) in [7, 11) is 0. The Morgan fingerprint density at radius 3 is 1.62 bits per heavy atom. The van der Waals surface area contributed by atoms with Crippen LogP contribution in [0.3, 0.4) is 0 Å². The van der Waals surface area contributed by atoms with Crippen molar-refractivity contribution in [2.75, 3.05) is 6.61 Å². The Hall–Kier alpha value is -2.37. The van der Waals surface area contributed by atoms with Gasteiger partial charge in [-0.2, -0.15) is 0 Å². The van der Waals surface area contributed by atoms with Gasteiger partial charge in [0.25, 0.3) is 0 Å². The van der Waals surface area contributed by atoms with Crippen LogP contribution in [0.4, 0.5) is 0 Å². The van der Waals surface area contributed by atoms with Crippen molar-refractivity contribution in [3.63, 3.8) is 0 Å². The first-order valence-corrected chi connectivity index (χ1v) is 24.1. The zero-order valence-corrected chi connectivity index (χ0v) is 36.7. The van der Waals surface area contributed by atoms with Crippen molar-refractivity contribution in [3.05, 3.63) is 35.4 Å². The highest BCUT2D eigenvalue weighted by molar-refractivity contribution is 6.03. The first kappa shape index (κ1) is 49.8. The largest absolute Gasteiger partial charge is 0.481 e. The summed E-state index contributed by atoms with van der Waals surface area (Å²) in [6.07, 6.45) is 41.4. The Morgan fingerprint density at radius 2 is 1.07 bits per heavy atom. The monoisotopic (exact) mass is 783 g/mol. The summed E-state index contributed by atoms with van der Waals surface area (Å²) >= 11 is 0. The van der Waals surface area contributed by atoms with E-state index in [9.17, 15) is 19.5 Å². The third-order valence-corrected chi connectivity index (χ3v) is 12.7. The molecule has 6 heteroatoms. The molecule has 0 saturated heterocycles. The average Bonchev–Trinajstić information content (AvgIpc) is 3.20. The summed E-state index contributed by atoms with van der Waals surface area (Å²) in [6.45, 7) is 7.18. The van der Waals surface area contributed by atoms with E-state index in [2.05, 4.69) is 20.8 Å². The van der Waals surface area contributed by atoms with Gasteiger partial charge in [-0.1, -0.05) is 187 Å². The quantitative estimate of drug-likeness (QED) is 0.0617. The predicted molar refractivity (Wildman–Crippen MR) is 233 cm³/mol. The number of esters is 2. The average molecular weight is 783 g/mol. The first-order chi connectivity index (χ1) is 27.4. The van der Waals surface area contributed by atoms with Crippen LogP contribution >= 0.6 is 0 Å². The van der Waals surface area contributed by atoms with Crippen molar-refractivity contribution in [2.45, 2.75) is 245 Å². The Morgan fingerprint density at radius 1 is 0.589 bits per heavy atom. The summed E-state index contributed by atoms with van der Waals surface area (Å²) in [5.74, 6) is -0.740. The van der Waals surface area contributed by atoms with E-state index in [0.717, 1.165) is 51.4 Å². The van der Waals surface area contributed by atoms with E-state index in [1.807, 2.05) is 0 Å². The number of carboxylic acid groups (broad SMARTS) is 1. The molecule has 1 N–H and O–H groups in total. The van der Waals surface area contributed by atoms with Gasteiger partial charge in [0.15, 0.2) is 0 Å². The molecular weight excluding hydrogens is 697 g/mol. The summed E-state index contributed by atoms with van der Waals surface area (Å²) in [5.41, 5.74) is 0.736. The standard InChI is InChI=1S/C26H40O4.C24H46O2/c1-2-3-4-5-6-7-8-9-10-16-21-29-25(27)23-19-14-15-20-24(23)26(28)30-22-17-12-11-13-18-22;1-3-5-7-9-11-13-17-22-18-14-16-20-24(22,21-23(25)26)19-15-12-10-8-6-4-2/h14-15,19-20,22H,2-13,16-18,21H2,1H3;22H,3-21H2,1-2H3,(H,25,26). The van der Waals surface area contributed by atoms with Gasteiger partial charge in [-0.15, -0.1) is 0 Å². The molecule has 0 spiro atoms. The molecule has 2 saturated carbocycles. The fourth-order valence-corrected chi connectivity index (χ4v) is 9.28. The lowest BCUT2D eigenvalue weighted by Gasteiger charge is -2.44. The lowest BCUT2D eigenvalue weighted by molar-refractivity contribution is -0.142. The highest BCUT2D eigenvalue weighted by Gasteiger charge is 2.41. The number of benzene rings is 1. The second kappa shape index (κ2) is 32.6. The first-order valence-electron chi connectivity index (χ1n) is 24.1. The molecule has 2 unspecified atom stereocenters. The minimum absolute atomic E-state index is 0.0260. The molecule has 0 radical (unpaired) electrons. The molecule has 2 atom stereocenters. The third kappa shape index (κ3) is 22.0. The molecule has 6 nitrogen and oxygen atoms in total. The van der Waals surface area contributed by atoms with Crippen molar-refractivity contribution < 1.29 is 29.0 Å². The van der Waals surface area contributed by atoms with Crippen molar-refractivity contribution in [1.82, 2.24) is 0 Å². The molecule has 1 aromatic rings. The van der Waals surface area contributed by atoms with Gasteiger partial charge in [0, 0.05) is 0 Å². The maximum atomic E-state index is 12.6. The zero-order valence-electron chi connectivity index (χ0n) is 36.7. The fraction of sp³-hybridized carbons (Fsp3) is 0.820. The number of rotatable bonds is 30. The number of carboxylic acids is 1. The molecule has 0 aliphatic heterocycles. The second-order valence-electron chi connectivity index (χ2n) is 17.5. The SMILES string of the molecule is CCCCCCCCC1CCCCC1(CCCCCCCC)CC(=O)O.CCCCCCCCCCCCOC(=O)c1ccccc1C(=O)OC1CCCCC1. The van der Waals surface area contributed by atoms with Crippen LogP contribution < -0.4 is 0 Å². The third-order valence-electron chi connectivity index (χ3n) is 12.7. The predicted octanol–water partition coefficient (Wildman–Crippen LogP) is 15.4. The minimum Gasteiger partial charge on any atom is -0.481 e. The number of unbranched alkanes of at least 4 members (excludes halogenated alkanes) is 19. The van der Waals surface area contributed by atoms with E-state index < -0.39 is 17.9 Å². The molecule has 0 heterocycles. The van der Waals surface area contributed by atoms with Crippen LogP contribution in [0.25, 0.3) is 0 Å². The molecule has 2 aliphatic carbocycles. The van der Waals surface area contributed by atoms with E-state index in [0.29, 0.717) is 30.1 Å². The van der Waals surface area contributed by atoms with Crippen LogP contribution in [-0.2, 0) is 14.3 Å². The molecule has 3 rings (SSSR count). The van der Waals surface area contributed by atoms with Crippen LogP contribution in [0.2, 0.25) is 0 Å². The van der Waals surface area contributed by atoms with Crippen molar-refractivity contribution >= 4 is 17.9 Å². The molecule has 2 fully saturated rings. The van der Waals surface area contributed by atoms with Crippen LogP contribution in [0.5, 0.6) is 0 Å². The van der Waals surface area contributed by atoms with Crippen molar-refractivity contribution in [1.29, 1.82) is 0 Å². The van der Waals surface area contributed by atoms with Crippen LogP contribution in [-0.4, -0.2) is 35.7 Å². The fourth-order valence-electron chi connectivity index (χ4n) is 9.28. The normalized spacial score (nSPS) is 18.5. The second-order valence-corrected chi connectivity index (χ2v) is 17.5. The topological polar surface area (TPSA) is 89.9 Å². The minimum atomic E-state index is -0.564. The van der Waals surface area contributed by atoms with E-state index >= 15 is 0 Å². The zero-order chi connectivity index (χ0) is 40.5. The summed E-state index contributed by atoms with van der Waals surface area (Å²) in [5, 5.41) is 9.59. The maximum absolute atomic E-state index is 12.6. The lowest BCUT2D eigenvalue weighted by atomic mass is 9.60. The van der Waals surface area contributed by atoms with Crippen LogP contribution in [0, 0.1) is 11.3 Å². The molecule has 0 aromatic heterocycles. The van der Waals surface area contributed by atoms with Crippen LogP contribution in [0.1, 0.15) is 260 Å². The molecule has 2 aliphatic rings. The highest BCUT2D eigenvalue weighted by Crippen LogP contribution is 2.50. The number of aliphatic carboxylic acids is 1. The number of carbonyl (C=O) groups excluding carboxylic acids is 2. The smallest absolute Gasteiger partial charge is 0.339 e. The van der Waals surface area contributed by atoms with E-state index in [-0.39, 0.29) is 11.5 Å². The summed E-state index contributed by atoms with van der Waals surface area (Å²) < 4.78 is 11.1. The maximum Gasteiger partial charge on any atom is 0.339 e. The van der Waals surface area contributed by atoms with Gasteiger partial charge in [-0.05, 0) is 81.3 Å². The van der Waals surface area contributed by atoms with E-state index in [1.165, 1.54) is 161 Å². The Labute approximate surface area is 344 Å². The van der Waals surface area contributed by atoms with Gasteiger partial charge in [-0.3, -0.25) is 4.79 Å². The highest BCUT2D eigenvalue weighted by atomic mass is 16.5. The molecule has 56 heavy (non-hydrogen) atoms. The Kier molecular flexibility index (Phi) is 29.0. The van der Waals surface area contributed by atoms with Gasteiger partial charge >= 0.3 is 17.9 Å². The lowest BCUT2D eigenvalue weighted by Crippen LogP contribution is -2.36. The molecule has 0 bridgehead atoms. The van der Waals surface area contributed by atoms with E-state index in [4.69, 9.17) is 9.47 Å². The summed E-state index contributed by atoms with van der Waals surface area (Å²) in [4.78, 5) is 36.7. The van der Waals surface area contributed by atoms with Gasteiger partial charge < -0.3 is 14.6 Å². The van der Waals surface area contributed by atoms with Gasteiger partial charge in [-0.25, -0.2) is 9.59 Å².